The second-order valence-electron chi connectivity index (χ2n) is 8.63. The van der Waals surface area contributed by atoms with Gasteiger partial charge in [0.15, 0.2) is 11.5 Å². The van der Waals surface area contributed by atoms with Gasteiger partial charge in [-0.2, -0.15) is 20.1 Å². The summed E-state index contributed by atoms with van der Waals surface area (Å²) in [6.07, 6.45) is 1.57. The van der Waals surface area contributed by atoms with Crippen LogP contribution in [0.1, 0.15) is 15.9 Å². The summed E-state index contributed by atoms with van der Waals surface area (Å²) in [4.78, 5) is 30.3. The van der Waals surface area contributed by atoms with Crippen molar-refractivity contribution in [3.63, 3.8) is 0 Å². The highest BCUT2D eigenvalue weighted by Crippen LogP contribution is 2.28. The van der Waals surface area contributed by atoms with Crippen molar-refractivity contribution in [2.45, 2.75) is 0 Å². The summed E-state index contributed by atoms with van der Waals surface area (Å²) in [7, 11) is 1.47. The highest BCUT2D eigenvalue weighted by molar-refractivity contribution is 5.91. The van der Waals surface area contributed by atoms with Gasteiger partial charge in [0.25, 0.3) is 0 Å². The number of benzene rings is 2. The number of hydrazone groups is 1. The topological polar surface area (TPSA) is 124 Å². The van der Waals surface area contributed by atoms with Crippen molar-refractivity contribution in [3.05, 3.63) is 59.4 Å². The van der Waals surface area contributed by atoms with Crippen molar-refractivity contribution < 1.29 is 28.1 Å². The fraction of sp³-hybridized carbons (Fsp3) is 0.346. The fourth-order valence-corrected chi connectivity index (χ4v) is 3.97. The number of hydrogen-bond donors (Lipinski definition) is 1. The van der Waals surface area contributed by atoms with E-state index < -0.39 is 11.8 Å². The molecule has 2 aromatic carbocycles. The van der Waals surface area contributed by atoms with E-state index in [1.165, 1.54) is 31.4 Å². The zero-order valence-electron chi connectivity index (χ0n) is 21.4. The predicted molar refractivity (Wildman–Crippen MR) is 141 cm³/mol. The lowest BCUT2D eigenvalue weighted by Crippen LogP contribution is -2.40. The number of carbonyl (C=O) groups excluding carboxylic acids is 1. The fourth-order valence-electron chi connectivity index (χ4n) is 3.97. The lowest BCUT2D eigenvalue weighted by atomic mass is 10.2. The molecule has 2 saturated heterocycles. The molecule has 0 saturated carbocycles. The lowest BCUT2D eigenvalue weighted by molar-refractivity contribution is 0.0729. The molecule has 0 amide bonds. The third kappa shape index (κ3) is 6.75. The standard InChI is InChI=1S/C26H28FN7O5/c1-36-22-16-18(2-7-21(22)39-23(35)19-3-5-20(27)6-4-19)17-28-32-24-29-25(33-8-12-37-13-9-33)31-26(30-24)34-10-14-38-15-11-34/h2-7,16-17H,8-15H2,1H3,(H,29,30,31,32)/b28-17-. The molecule has 0 spiro atoms. The van der Waals surface area contributed by atoms with Crippen molar-refractivity contribution in [2.75, 3.05) is 74.9 Å². The van der Waals surface area contributed by atoms with E-state index in [-0.39, 0.29) is 11.3 Å². The van der Waals surface area contributed by atoms with Crippen LogP contribution < -0.4 is 24.7 Å². The van der Waals surface area contributed by atoms with E-state index in [9.17, 15) is 9.18 Å². The molecule has 2 fully saturated rings. The van der Waals surface area contributed by atoms with Crippen molar-refractivity contribution in [3.8, 4) is 11.5 Å². The molecule has 0 bridgehead atoms. The molecule has 12 nitrogen and oxygen atoms in total. The van der Waals surface area contributed by atoms with E-state index in [1.54, 1.807) is 24.4 Å². The molecular weight excluding hydrogens is 509 g/mol. The number of rotatable bonds is 8. The van der Waals surface area contributed by atoms with Gasteiger partial charge in [-0.3, -0.25) is 0 Å². The van der Waals surface area contributed by atoms with Crippen LogP contribution >= 0.6 is 0 Å². The Hall–Kier alpha value is -4.36. The van der Waals surface area contributed by atoms with Crippen LogP contribution in [0.15, 0.2) is 47.6 Å². The molecule has 1 aromatic heterocycles. The summed E-state index contributed by atoms with van der Waals surface area (Å²) in [6.45, 7) is 5.18. The molecule has 0 radical (unpaired) electrons. The van der Waals surface area contributed by atoms with Gasteiger partial charge in [0, 0.05) is 26.2 Å². The minimum absolute atomic E-state index is 0.221. The largest absolute Gasteiger partial charge is 0.493 e. The maximum absolute atomic E-state index is 13.1. The monoisotopic (exact) mass is 537 g/mol. The first kappa shape index (κ1) is 26.3. The first-order valence-electron chi connectivity index (χ1n) is 12.5. The first-order chi connectivity index (χ1) is 19.1. The number of nitrogens with zero attached hydrogens (tertiary/aromatic N) is 6. The molecule has 2 aliphatic heterocycles. The van der Waals surface area contributed by atoms with Crippen molar-refractivity contribution in [1.82, 2.24) is 15.0 Å². The number of hydrogen-bond acceptors (Lipinski definition) is 12. The Balaban J connectivity index is 1.30. The maximum atomic E-state index is 13.1. The number of carbonyl (C=O) groups is 1. The molecule has 5 rings (SSSR count). The highest BCUT2D eigenvalue weighted by atomic mass is 19.1. The number of methoxy groups -OCH3 is 1. The zero-order chi connectivity index (χ0) is 27.0. The summed E-state index contributed by atoms with van der Waals surface area (Å²) in [6, 6.07) is 10.1. The average molecular weight is 538 g/mol. The number of anilines is 3. The van der Waals surface area contributed by atoms with Crippen LogP contribution in [0.3, 0.4) is 0 Å². The molecule has 1 N–H and O–H groups in total. The van der Waals surface area contributed by atoms with Gasteiger partial charge in [0.1, 0.15) is 5.82 Å². The molecule has 13 heteroatoms. The molecule has 204 valence electrons. The number of ether oxygens (including phenoxy) is 4. The predicted octanol–water partition coefficient (Wildman–Crippen LogP) is 2.36. The normalized spacial score (nSPS) is 15.8. The van der Waals surface area contributed by atoms with E-state index in [2.05, 4.69) is 35.3 Å². The highest BCUT2D eigenvalue weighted by Gasteiger charge is 2.20. The van der Waals surface area contributed by atoms with Gasteiger partial charge in [0.2, 0.25) is 17.8 Å². The van der Waals surface area contributed by atoms with Gasteiger partial charge in [-0.15, -0.1) is 0 Å². The van der Waals surface area contributed by atoms with Gasteiger partial charge in [-0.1, -0.05) is 0 Å². The van der Waals surface area contributed by atoms with Gasteiger partial charge in [0.05, 0.1) is 45.3 Å². The van der Waals surface area contributed by atoms with Crippen LogP contribution in [-0.2, 0) is 9.47 Å². The molecule has 39 heavy (non-hydrogen) atoms. The average Bonchev–Trinajstić information content (AvgIpc) is 2.99. The molecule has 0 aliphatic carbocycles. The van der Waals surface area contributed by atoms with E-state index in [4.69, 9.17) is 18.9 Å². The molecular formula is C26H28FN7O5. The number of aromatic nitrogens is 3. The third-order valence-electron chi connectivity index (χ3n) is 6.05. The van der Waals surface area contributed by atoms with Crippen LogP contribution in [0.25, 0.3) is 0 Å². The van der Waals surface area contributed by atoms with Crippen LogP contribution in [0.4, 0.5) is 22.2 Å². The van der Waals surface area contributed by atoms with Crippen molar-refractivity contribution in [2.24, 2.45) is 5.10 Å². The van der Waals surface area contributed by atoms with Crippen LogP contribution in [-0.4, -0.2) is 86.9 Å². The Kier molecular flexibility index (Phi) is 8.39. The summed E-state index contributed by atoms with van der Waals surface area (Å²) in [5.41, 5.74) is 3.80. The number of halogens is 1. The van der Waals surface area contributed by atoms with Gasteiger partial charge >= 0.3 is 5.97 Å². The summed E-state index contributed by atoms with van der Waals surface area (Å²) in [5.74, 6) is 0.911. The van der Waals surface area contributed by atoms with Crippen LogP contribution in [0.5, 0.6) is 11.5 Å². The number of nitrogens with one attached hydrogen (secondary N) is 1. The minimum Gasteiger partial charge on any atom is -0.493 e. The molecule has 3 heterocycles. The summed E-state index contributed by atoms with van der Waals surface area (Å²) < 4.78 is 34.9. The first-order valence-corrected chi connectivity index (χ1v) is 12.5. The number of esters is 1. The van der Waals surface area contributed by atoms with E-state index >= 15 is 0 Å². The summed E-state index contributed by atoms with van der Waals surface area (Å²) in [5, 5.41) is 4.29. The lowest BCUT2D eigenvalue weighted by Gasteiger charge is -2.30. The van der Waals surface area contributed by atoms with Crippen molar-refractivity contribution >= 4 is 30.0 Å². The molecule has 0 atom stereocenters. The Morgan fingerprint density at radius 1 is 0.923 bits per heavy atom. The number of morpholine rings is 2. The maximum Gasteiger partial charge on any atom is 0.343 e. The smallest absolute Gasteiger partial charge is 0.343 e. The molecule has 0 unspecified atom stereocenters. The SMILES string of the molecule is COc1cc(/C=N\Nc2nc(N3CCOCC3)nc(N3CCOCC3)n2)ccc1OC(=O)c1ccc(F)cc1. The van der Waals surface area contributed by atoms with Crippen molar-refractivity contribution in [1.29, 1.82) is 0 Å². The second kappa shape index (κ2) is 12.5. The molecule has 2 aliphatic rings. The zero-order valence-corrected chi connectivity index (χ0v) is 21.4. The Labute approximate surface area is 224 Å². The Morgan fingerprint density at radius 3 is 2.13 bits per heavy atom. The van der Waals surface area contributed by atoms with Crippen LogP contribution in [0.2, 0.25) is 0 Å². The third-order valence-corrected chi connectivity index (χ3v) is 6.05. The van der Waals surface area contributed by atoms with E-state index in [0.29, 0.717) is 81.8 Å². The van der Waals surface area contributed by atoms with Gasteiger partial charge in [-0.25, -0.2) is 14.6 Å². The quantitative estimate of drug-likeness (QED) is 0.197. The van der Waals surface area contributed by atoms with Crippen LogP contribution in [0, 0.1) is 5.82 Å². The summed E-state index contributed by atoms with van der Waals surface area (Å²) >= 11 is 0. The van der Waals surface area contributed by atoms with E-state index in [1.807, 2.05) is 0 Å². The van der Waals surface area contributed by atoms with Gasteiger partial charge < -0.3 is 28.7 Å². The molecule has 3 aromatic rings. The Bertz CT molecular complexity index is 1280. The minimum atomic E-state index is -0.627. The Morgan fingerprint density at radius 2 is 1.54 bits per heavy atom. The van der Waals surface area contributed by atoms with E-state index in [0.717, 1.165) is 0 Å². The van der Waals surface area contributed by atoms with Gasteiger partial charge in [-0.05, 0) is 48.0 Å². The second-order valence-corrected chi connectivity index (χ2v) is 8.63.